The summed E-state index contributed by atoms with van der Waals surface area (Å²) >= 11 is 0. The van der Waals surface area contributed by atoms with Gasteiger partial charge in [-0.25, -0.2) is 0 Å². The molecule has 41 heavy (non-hydrogen) atoms. The number of hydrogen-bond donors (Lipinski definition) is 3. The summed E-state index contributed by atoms with van der Waals surface area (Å²) in [6.07, 6.45) is 0.393. The van der Waals surface area contributed by atoms with Gasteiger partial charge in [0.15, 0.2) is 6.29 Å². The maximum absolute atomic E-state index is 12.0. The fraction of sp³-hybridized carbons (Fsp3) is 0.394. The number of carboxylic acid groups (broad SMARTS) is 1. The first-order valence-corrected chi connectivity index (χ1v) is 14.2. The Morgan fingerprint density at radius 1 is 0.927 bits per heavy atom. The molecule has 0 bridgehead atoms. The first-order chi connectivity index (χ1) is 19.8. The lowest BCUT2D eigenvalue weighted by atomic mass is 9.99. The maximum atomic E-state index is 12.0. The number of aliphatic carboxylic acids is 1. The highest BCUT2D eigenvalue weighted by atomic mass is 16.7. The van der Waals surface area contributed by atoms with Crippen LogP contribution in [0.15, 0.2) is 78.9 Å². The summed E-state index contributed by atoms with van der Waals surface area (Å²) in [7, 11) is 2.11. The lowest BCUT2D eigenvalue weighted by Crippen LogP contribution is -2.38. The molecule has 3 N–H and O–H groups in total. The molecule has 0 spiro atoms. The molecule has 8 heteroatoms. The molecule has 0 unspecified atom stereocenters. The fourth-order valence-corrected chi connectivity index (χ4v) is 4.98. The number of aliphatic hydroxyl groups excluding tert-OH is 1. The molecule has 1 fully saturated rings. The largest absolute Gasteiger partial charge is 0.481 e. The second-order valence-corrected chi connectivity index (χ2v) is 10.6. The molecular formula is C33H40N2O6. The van der Waals surface area contributed by atoms with Gasteiger partial charge < -0.3 is 25.0 Å². The highest BCUT2D eigenvalue weighted by Gasteiger charge is 2.33. The third-order valence-corrected chi connectivity index (χ3v) is 7.59. The number of aliphatic hydroxyl groups is 1. The van der Waals surface area contributed by atoms with Gasteiger partial charge >= 0.3 is 5.97 Å². The van der Waals surface area contributed by atoms with Crippen LogP contribution in [0.2, 0.25) is 0 Å². The topological polar surface area (TPSA) is 108 Å². The van der Waals surface area contributed by atoms with Crippen LogP contribution in [-0.2, 0) is 32.2 Å². The van der Waals surface area contributed by atoms with E-state index in [1.54, 1.807) is 0 Å². The minimum absolute atomic E-state index is 0.00251. The average molecular weight is 561 g/mol. The van der Waals surface area contributed by atoms with Crippen molar-refractivity contribution in [2.24, 2.45) is 0 Å². The van der Waals surface area contributed by atoms with Crippen molar-refractivity contribution < 1.29 is 29.3 Å². The molecule has 1 aliphatic rings. The number of likely N-dealkylation sites (N-methyl/N-ethyl adjacent to an activating group) is 1. The van der Waals surface area contributed by atoms with Crippen LogP contribution >= 0.6 is 0 Å². The number of ether oxygens (including phenoxy) is 2. The summed E-state index contributed by atoms with van der Waals surface area (Å²) in [5, 5.41) is 21.0. The standard InChI is InChI=1S/C33H40N2O6/c1-23(26-7-4-3-5-8-26)35(2)21-29-19-30(27-15-13-25(22-36)14-16-27)41-33(40-29)28-17-11-24(12-18-28)20-34-31(37)9-6-10-32(38)39/h3-5,7-8,11-18,23,29-30,33,36H,6,9-10,19-22H2,1-2H3,(H,34,37)(H,38,39)/t23-,29-,30+,33+/m0/s1. The van der Waals surface area contributed by atoms with Gasteiger partial charge in [0.2, 0.25) is 5.91 Å². The third kappa shape index (κ3) is 8.96. The monoisotopic (exact) mass is 560 g/mol. The second-order valence-electron chi connectivity index (χ2n) is 10.6. The highest BCUT2D eigenvalue weighted by molar-refractivity contribution is 5.76. The molecule has 1 aliphatic heterocycles. The van der Waals surface area contributed by atoms with E-state index in [9.17, 15) is 14.7 Å². The van der Waals surface area contributed by atoms with Gasteiger partial charge in [0.1, 0.15) is 0 Å². The fourth-order valence-electron chi connectivity index (χ4n) is 4.98. The second kappa shape index (κ2) is 14.9. The van der Waals surface area contributed by atoms with Crippen molar-refractivity contribution in [3.05, 3.63) is 107 Å². The lowest BCUT2D eigenvalue weighted by molar-refractivity contribution is -0.253. The Morgan fingerprint density at radius 2 is 1.59 bits per heavy atom. The molecule has 0 saturated carbocycles. The number of hydrogen-bond acceptors (Lipinski definition) is 6. The molecule has 4 rings (SSSR count). The molecule has 0 aromatic heterocycles. The summed E-state index contributed by atoms with van der Waals surface area (Å²) in [5.74, 6) is -1.06. The summed E-state index contributed by atoms with van der Waals surface area (Å²) in [6.45, 7) is 3.29. The van der Waals surface area contributed by atoms with Crippen molar-refractivity contribution in [1.82, 2.24) is 10.2 Å². The summed E-state index contributed by atoms with van der Waals surface area (Å²) in [5.41, 5.74) is 4.97. The Kier molecular flexibility index (Phi) is 11.0. The molecule has 3 aromatic carbocycles. The van der Waals surface area contributed by atoms with E-state index < -0.39 is 12.3 Å². The van der Waals surface area contributed by atoms with E-state index >= 15 is 0 Å². The van der Waals surface area contributed by atoms with Gasteiger partial charge in [-0.2, -0.15) is 0 Å². The van der Waals surface area contributed by atoms with Crippen LogP contribution in [0.3, 0.4) is 0 Å². The van der Waals surface area contributed by atoms with Crippen LogP contribution in [0.25, 0.3) is 0 Å². The van der Waals surface area contributed by atoms with Crippen LogP contribution in [0.1, 0.15) is 78.9 Å². The first-order valence-electron chi connectivity index (χ1n) is 14.2. The van der Waals surface area contributed by atoms with Gasteiger partial charge in [-0.3, -0.25) is 14.5 Å². The molecule has 3 aromatic rings. The number of carbonyl (C=O) groups excluding carboxylic acids is 1. The molecule has 1 amide bonds. The Bertz CT molecular complexity index is 1250. The average Bonchev–Trinajstić information content (AvgIpc) is 3.00. The van der Waals surface area contributed by atoms with E-state index in [2.05, 4.69) is 48.5 Å². The maximum Gasteiger partial charge on any atom is 0.303 e. The van der Waals surface area contributed by atoms with Crippen LogP contribution in [0, 0.1) is 0 Å². The smallest absolute Gasteiger partial charge is 0.303 e. The zero-order chi connectivity index (χ0) is 29.2. The van der Waals surface area contributed by atoms with Gasteiger partial charge in [0.05, 0.1) is 18.8 Å². The van der Waals surface area contributed by atoms with Crippen LogP contribution in [0.4, 0.5) is 0 Å². The number of nitrogens with one attached hydrogen (secondary N) is 1. The number of amides is 1. The summed E-state index contributed by atoms with van der Waals surface area (Å²) < 4.78 is 13.0. The van der Waals surface area contributed by atoms with Crippen LogP contribution in [-0.4, -0.2) is 46.7 Å². The van der Waals surface area contributed by atoms with E-state index in [1.165, 1.54) is 5.56 Å². The zero-order valence-electron chi connectivity index (χ0n) is 23.7. The number of carbonyl (C=O) groups is 2. The van der Waals surface area contributed by atoms with E-state index in [0.29, 0.717) is 19.4 Å². The van der Waals surface area contributed by atoms with E-state index in [1.807, 2.05) is 54.6 Å². The molecule has 8 nitrogen and oxygen atoms in total. The zero-order valence-corrected chi connectivity index (χ0v) is 23.7. The molecule has 1 heterocycles. The van der Waals surface area contributed by atoms with Crippen molar-refractivity contribution in [1.29, 1.82) is 0 Å². The predicted molar refractivity (Wildman–Crippen MR) is 156 cm³/mol. The molecular weight excluding hydrogens is 520 g/mol. The number of benzene rings is 3. The highest BCUT2D eigenvalue weighted by Crippen LogP contribution is 2.38. The van der Waals surface area contributed by atoms with Gasteiger partial charge in [-0.05, 0) is 42.6 Å². The number of carboxylic acids is 1. The molecule has 218 valence electrons. The molecule has 1 saturated heterocycles. The minimum atomic E-state index is -0.899. The van der Waals surface area contributed by atoms with E-state index in [-0.39, 0.29) is 43.6 Å². The van der Waals surface area contributed by atoms with Gasteiger partial charge in [0.25, 0.3) is 0 Å². The molecule has 0 aliphatic carbocycles. The van der Waals surface area contributed by atoms with Crippen LogP contribution in [0.5, 0.6) is 0 Å². The lowest BCUT2D eigenvalue weighted by Gasteiger charge is -2.39. The Morgan fingerprint density at radius 3 is 2.24 bits per heavy atom. The van der Waals surface area contributed by atoms with Crippen molar-refractivity contribution in [3.63, 3.8) is 0 Å². The van der Waals surface area contributed by atoms with Gasteiger partial charge in [-0.1, -0.05) is 78.9 Å². The van der Waals surface area contributed by atoms with Crippen molar-refractivity contribution in [3.8, 4) is 0 Å². The predicted octanol–water partition coefficient (Wildman–Crippen LogP) is 5.29. The Labute approximate surface area is 241 Å². The van der Waals surface area contributed by atoms with Crippen molar-refractivity contribution in [2.45, 2.75) is 70.3 Å². The third-order valence-electron chi connectivity index (χ3n) is 7.59. The van der Waals surface area contributed by atoms with E-state index in [0.717, 1.165) is 28.8 Å². The number of rotatable bonds is 13. The van der Waals surface area contributed by atoms with E-state index in [4.69, 9.17) is 14.6 Å². The normalized spacial score (nSPS) is 19.6. The molecule has 4 atom stereocenters. The quantitative estimate of drug-likeness (QED) is 0.261. The van der Waals surface area contributed by atoms with Crippen molar-refractivity contribution in [2.75, 3.05) is 13.6 Å². The number of nitrogens with zero attached hydrogens (tertiary/aromatic N) is 1. The van der Waals surface area contributed by atoms with Crippen LogP contribution < -0.4 is 5.32 Å². The van der Waals surface area contributed by atoms with Gasteiger partial charge in [0, 0.05) is 44.0 Å². The van der Waals surface area contributed by atoms with Crippen molar-refractivity contribution >= 4 is 11.9 Å². The summed E-state index contributed by atoms with van der Waals surface area (Å²) in [6, 6.07) is 26.3. The van der Waals surface area contributed by atoms with Gasteiger partial charge in [-0.15, -0.1) is 0 Å². The Balaban J connectivity index is 1.43. The molecule has 0 radical (unpaired) electrons. The SMILES string of the molecule is C[C@@H](c1ccccc1)N(C)C[C@@H]1C[C@H](c2ccc(CO)cc2)O[C@H](c2ccc(CNC(=O)CCCC(=O)O)cc2)O1. The summed E-state index contributed by atoms with van der Waals surface area (Å²) in [4.78, 5) is 25.0. The minimum Gasteiger partial charge on any atom is -0.481 e. The first kappa shape index (κ1) is 30.4. The Hall–Kier alpha value is -3.56.